The van der Waals surface area contributed by atoms with E-state index in [9.17, 15) is 8.76 Å². The predicted octanol–water partition coefficient (Wildman–Crippen LogP) is 2.18. The predicted molar refractivity (Wildman–Crippen MR) is 36.8 cm³/mol. The van der Waals surface area contributed by atoms with E-state index in [2.05, 4.69) is 9.26 Å². The molecule has 0 aromatic heterocycles. The van der Waals surface area contributed by atoms with Gasteiger partial charge in [0.25, 0.3) is 0 Å². The van der Waals surface area contributed by atoms with E-state index >= 15 is 0 Å². The molecule has 0 aliphatic heterocycles. The first-order valence-electron chi connectivity index (χ1n) is 3.13. The zero-order valence-corrected chi connectivity index (χ0v) is 7.07. The van der Waals surface area contributed by atoms with Gasteiger partial charge in [0, 0.05) is 6.61 Å². The largest absolute Gasteiger partial charge is 0.392 e. The van der Waals surface area contributed by atoms with Crippen molar-refractivity contribution in [2.75, 3.05) is 19.6 Å². The summed E-state index contributed by atoms with van der Waals surface area (Å²) in [7, 11) is -3.93. The van der Waals surface area contributed by atoms with Gasteiger partial charge in [-0.15, -0.1) is 0 Å². The average molecular weight is 170 g/mol. The lowest BCUT2D eigenvalue weighted by Crippen LogP contribution is -1.95. The third-order valence-electron chi connectivity index (χ3n) is 0.772. The summed E-state index contributed by atoms with van der Waals surface area (Å²) in [6, 6.07) is 0. The van der Waals surface area contributed by atoms with Crippen LogP contribution in [0, 0.1) is 0 Å². The van der Waals surface area contributed by atoms with E-state index in [1.165, 1.54) is 0 Å². The number of hydrogen-bond acceptors (Lipinski definition) is 3. The van der Waals surface area contributed by atoms with Gasteiger partial charge in [-0.2, -0.15) is 4.20 Å². The molecule has 1 unspecified atom stereocenters. The van der Waals surface area contributed by atoms with Gasteiger partial charge < -0.3 is 9.26 Å². The SMILES string of the molecule is CCOCP(=O)(F)OCC. The van der Waals surface area contributed by atoms with Crippen molar-refractivity contribution in [1.82, 2.24) is 0 Å². The van der Waals surface area contributed by atoms with Crippen LogP contribution in [-0.4, -0.2) is 19.6 Å². The van der Waals surface area contributed by atoms with Crippen molar-refractivity contribution in [2.24, 2.45) is 0 Å². The summed E-state index contributed by atoms with van der Waals surface area (Å²) in [6.07, 6.45) is -0.433. The van der Waals surface area contributed by atoms with E-state index in [0.29, 0.717) is 6.61 Å². The molecule has 0 heterocycles. The summed E-state index contributed by atoms with van der Waals surface area (Å²) in [5.41, 5.74) is 0. The first-order valence-corrected chi connectivity index (χ1v) is 4.83. The Bertz CT molecular complexity index is 128. The minimum atomic E-state index is -3.93. The first-order chi connectivity index (χ1) is 4.62. The molecule has 0 spiro atoms. The lowest BCUT2D eigenvalue weighted by atomic mass is 10.9. The zero-order valence-electron chi connectivity index (χ0n) is 6.17. The summed E-state index contributed by atoms with van der Waals surface area (Å²) in [5, 5.41) is 0. The van der Waals surface area contributed by atoms with Crippen molar-refractivity contribution >= 4 is 7.68 Å². The molecule has 0 aromatic rings. The minimum absolute atomic E-state index is 0.112. The molecule has 0 N–H and O–H groups in total. The van der Waals surface area contributed by atoms with Gasteiger partial charge in [0.15, 0.2) is 6.35 Å². The van der Waals surface area contributed by atoms with Crippen LogP contribution in [0.25, 0.3) is 0 Å². The van der Waals surface area contributed by atoms with Gasteiger partial charge in [0.05, 0.1) is 6.61 Å². The standard InChI is InChI=1S/C5H12FO3P/c1-3-8-5-10(6,7)9-4-2/h3-5H2,1-2H3. The van der Waals surface area contributed by atoms with Crippen molar-refractivity contribution < 1.29 is 18.0 Å². The maximum atomic E-state index is 12.5. The number of hydrogen-bond donors (Lipinski definition) is 0. The molecule has 0 aromatic carbocycles. The molecule has 0 aliphatic carbocycles. The molecule has 0 bridgehead atoms. The molecule has 1 atom stereocenters. The summed E-state index contributed by atoms with van der Waals surface area (Å²) in [6.45, 7) is 3.74. The number of halogens is 1. The lowest BCUT2D eigenvalue weighted by molar-refractivity contribution is 0.166. The molecule has 0 rings (SSSR count). The lowest BCUT2D eigenvalue weighted by Gasteiger charge is -2.06. The van der Waals surface area contributed by atoms with Crippen molar-refractivity contribution in [1.29, 1.82) is 0 Å². The third-order valence-corrected chi connectivity index (χ3v) is 1.91. The van der Waals surface area contributed by atoms with Gasteiger partial charge in [-0.3, -0.25) is 4.57 Å². The summed E-state index contributed by atoms with van der Waals surface area (Å²) in [5.74, 6) is 0. The maximum Gasteiger partial charge on any atom is 0.392 e. The molecule has 0 saturated carbocycles. The Labute approximate surface area is 60.1 Å². The quantitative estimate of drug-likeness (QED) is 0.593. The Kier molecular flexibility index (Phi) is 4.87. The number of rotatable bonds is 5. The molecule has 5 heteroatoms. The van der Waals surface area contributed by atoms with Crippen molar-refractivity contribution in [3.63, 3.8) is 0 Å². The fourth-order valence-electron chi connectivity index (χ4n) is 0.430. The summed E-state index contributed by atoms with van der Waals surface area (Å²) >= 11 is 0. The fraction of sp³-hybridized carbons (Fsp3) is 1.00. The van der Waals surface area contributed by atoms with Crippen LogP contribution in [0.4, 0.5) is 4.20 Å². The Morgan fingerprint density at radius 1 is 1.40 bits per heavy atom. The van der Waals surface area contributed by atoms with Gasteiger partial charge in [0.2, 0.25) is 0 Å². The second-order valence-corrected chi connectivity index (χ2v) is 3.33. The van der Waals surface area contributed by atoms with Gasteiger partial charge in [-0.25, -0.2) is 0 Å². The van der Waals surface area contributed by atoms with E-state index in [1.54, 1.807) is 13.8 Å². The second kappa shape index (κ2) is 4.83. The van der Waals surface area contributed by atoms with Crippen LogP contribution in [0.5, 0.6) is 0 Å². The fourth-order valence-corrected chi connectivity index (χ4v) is 1.29. The van der Waals surface area contributed by atoms with Gasteiger partial charge in [0.1, 0.15) is 0 Å². The first kappa shape index (κ1) is 10.1. The number of ether oxygens (including phenoxy) is 1. The van der Waals surface area contributed by atoms with Gasteiger partial charge in [-0.1, -0.05) is 0 Å². The smallest absolute Gasteiger partial charge is 0.369 e. The molecule has 62 valence electrons. The highest BCUT2D eigenvalue weighted by atomic mass is 31.2. The van der Waals surface area contributed by atoms with E-state index in [4.69, 9.17) is 0 Å². The molecule has 0 aliphatic rings. The summed E-state index contributed by atoms with van der Waals surface area (Å²) < 4.78 is 31.9. The highest BCUT2D eigenvalue weighted by molar-refractivity contribution is 7.53. The monoisotopic (exact) mass is 170 g/mol. The molecular formula is C5H12FO3P. The van der Waals surface area contributed by atoms with E-state index in [1.807, 2.05) is 0 Å². The molecule has 0 fully saturated rings. The van der Waals surface area contributed by atoms with Crippen LogP contribution in [0.15, 0.2) is 0 Å². The van der Waals surface area contributed by atoms with Gasteiger partial charge >= 0.3 is 7.68 Å². The molecule has 0 amide bonds. The average Bonchev–Trinajstić information content (AvgIpc) is 1.84. The van der Waals surface area contributed by atoms with Crippen molar-refractivity contribution in [2.45, 2.75) is 13.8 Å². The Balaban J connectivity index is 3.53. The molecule has 3 nitrogen and oxygen atoms in total. The summed E-state index contributed by atoms with van der Waals surface area (Å²) in [4.78, 5) is 0. The zero-order chi connectivity index (χ0) is 8.04. The van der Waals surface area contributed by atoms with Crippen molar-refractivity contribution in [3.8, 4) is 0 Å². The van der Waals surface area contributed by atoms with Crippen LogP contribution in [0.2, 0.25) is 0 Å². The molecule has 0 saturated heterocycles. The minimum Gasteiger partial charge on any atom is -0.369 e. The van der Waals surface area contributed by atoms with E-state index in [0.717, 1.165) is 0 Å². The second-order valence-electron chi connectivity index (χ2n) is 1.63. The Hall–Kier alpha value is 0.0800. The highest BCUT2D eigenvalue weighted by Crippen LogP contribution is 2.48. The van der Waals surface area contributed by atoms with Crippen molar-refractivity contribution in [3.05, 3.63) is 0 Å². The van der Waals surface area contributed by atoms with E-state index in [-0.39, 0.29) is 6.61 Å². The maximum absolute atomic E-state index is 12.5. The van der Waals surface area contributed by atoms with Gasteiger partial charge in [-0.05, 0) is 13.8 Å². The third kappa shape index (κ3) is 4.91. The Morgan fingerprint density at radius 2 is 2.00 bits per heavy atom. The van der Waals surface area contributed by atoms with Crippen LogP contribution in [-0.2, 0) is 13.8 Å². The van der Waals surface area contributed by atoms with E-state index < -0.39 is 14.0 Å². The Morgan fingerprint density at radius 3 is 2.40 bits per heavy atom. The normalized spacial score (nSPS) is 16.7. The molecule has 0 radical (unpaired) electrons. The molecular weight excluding hydrogens is 158 g/mol. The topological polar surface area (TPSA) is 35.5 Å². The highest BCUT2D eigenvalue weighted by Gasteiger charge is 2.20. The van der Waals surface area contributed by atoms with Crippen LogP contribution in [0.1, 0.15) is 13.8 Å². The van der Waals surface area contributed by atoms with Crippen LogP contribution < -0.4 is 0 Å². The van der Waals surface area contributed by atoms with Crippen LogP contribution >= 0.6 is 7.68 Å². The van der Waals surface area contributed by atoms with Crippen LogP contribution in [0.3, 0.4) is 0 Å². The molecule has 10 heavy (non-hydrogen) atoms.